The Morgan fingerprint density at radius 1 is 1.23 bits per heavy atom. The summed E-state index contributed by atoms with van der Waals surface area (Å²) in [6.45, 7) is 0.647. The molecule has 2 amide bonds. The van der Waals surface area contributed by atoms with Crippen LogP contribution in [0.25, 0.3) is 0 Å². The van der Waals surface area contributed by atoms with Crippen molar-refractivity contribution in [3.8, 4) is 0 Å². The molecule has 6 heteroatoms. The highest BCUT2D eigenvalue weighted by Gasteiger charge is 2.17. The van der Waals surface area contributed by atoms with Gasteiger partial charge < -0.3 is 20.5 Å². The van der Waals surface area contributed by atoms with Gasteiger partial charge in [0, 0.05) is 7.11 Å². The van der Waals surface area contributed by atoms with Gasteiger partial charge in [-0.3, -0.25) is 9.59 Å². The van der Waals surface area contributed by atoms with Crippen LogP contribution < -0.4 is 11.1 Å². The zero-order chi connectivity index (χ0) is 16.2. The van der Waals surface area contributed by atoms with Crippen molar-refractivity contribution in [2.75, 3.05) is 26.9 Å². The summed E-state index contributed by atoms with van der Waals surface area (Å²) in [6, 6.07) is 9.30. The summed E-state index contributed by atoms with van der Waals surface area (Å²) in [4.78, 5) is 23.1. The Kier molecular flexibility index (Phi) is 8.86. The van der Waals surface area contributed by atoms with Crippen molar-refractivity contribution in [2.24, 2.45) is 5.73 Å². The predicted octanol–water partition coefficient (Wildman–Crippen LogP) is 0.642. The quantitative estimate of drug-likeness (QED) is 0.587. The average molecular weight is 308 g/mol. The lowest BCUT2D eigenvalue weighted by Gasteiger charge is -2.15. The molecule has 0 aromatic heterocycles. The molecule has 3 N–H and O–H groups in total. The topological polar surface area (TPSA) is 90.7 Å². The number of carbonyl (C=O) groups excluding carboxylic acids is 2. The molecular weight excluding hydrogens is 284 g/mol. The second-order valence-corrected chi connectivity index (χ2v) is 4.95. The molecule has 1 rings (SSSR count). The molecule has 0 heterocycles. The van der Waals surface area contributed by atoms with Crippen molar-refractivity contribution in [3.63, 3.8) is 0 Å². The van der Waals surface area contributed by atoms with Gasteiger partial charge in [0.1, 0.15) is 12.6 Å². The maximum Gasteiger partial charge on any atom is 0.246 e. The Morgan fingerprint density at radius 3 is 2.59 bits per heavy atom. The SMILES string of the molecule is COCCOCC(=O)N[C@H](CCCc1ccccc1)C(N)=O. The number of methoxy groups -OCH3 is 1. The summed E-state index contributed by atoms with van der Waals surface area (Å²) in [6.07, 6.45) is 2.11. The number of nitrogens with two attached hydrogens (primary N) is 1. The number of hydrogen-bond acceptors (Lipinski definition) is 4. The van der Waals surface area contributed by atoms with E-state index in [1.165, 1.54) is 5.56 Å². The molecule has 0 saturated carbocycles. The minimum atomic E-state index is -0.665. The van der Waals surface area contributed by atoms with E-state index in [2.05, 4.69) is 5.32 Å². The van der Waals surface area contributed by atoms with E-state index in [-0.39, 0.29) is 12.5 Å². The first-order valence-electron chi connectivity index (χ1n) is 7.32. The van der Waals surface area contributed by atoms with Crippen LogP contribution in [-0.4, -0.2) is 44.8 Å². The normalized spacial score (nSPS) is 11.9. The molecule has 0 bridgehead atoms. The highest BCUT2D eigenvalue weighted by molar-refractivity contribution is 5.86. The third-order valence-corrected chi connectivity index (χ3v) is 3.14. The number of rotatable bonds is 11. The number of ether oxygens (including phenoxy) is 2. The van der Waals surface area contributed by atoms with Crippen molar-refractivity contribution in [2.45, 2.75) is 25.3 Å². The summed E-state index contributed by atoms with van der Waals surface area (Å²) in [5.41, 5.74) is 6.52. The molecule has 0 unspecified atom stereocenters. The van der Waals surface area contributed by atoms with Crippen LogP contribution >= 0.6 is 0 Å². The van der Waals surface area contributed by atoms with Gasteiger partial charge >= 0.3 is 0 Å². The van der Waals surface area contributed by atoms with Crippen LogP contribution in [0, 0.1) is 0 Å². The number of nitrogens with one attached hydrogen (secondary N) is 1. The fourth-order valence-electron chi connectivity index (χ4n) is 1.98. The molecule has 1 atom stereocenters. The van der Waals surface area contributed by atoms with E-state index in [1.54, 1.807) is 7.11 Å². The molecule has 0 saturated heterocycles. The van der Waals surface area contributed by atoms with Crippen LogP contribution in [0.15, 0.2) is 30.3 Å². The number of carbonyl (C=O) groups is 2. The zero-order valence-corrected chi connectivity index (χ0v) is 12.9. The third-order valence-electron chi connectivity index (χ3n) is 3.14. The van der Waals surface area contributed by atoms with Gasteiger partial charge in [-0.25, -0.2) is 0 Å². The Morgan fingerprint density at radius 2 is 1.95 bits per heavy atom. The highest BCUT2D eigenvalue weighted by Crippen LogP contribution is 2.06. The molecule has 1 aromatic carbocycles. The van der Waals surface area contributed by atoms with Gasteiger partial charge in [0.05, 0.1) is 13.2 Å². The summed E-state index contributed by atoms with van der Waals surface area (Å²) in [7, 11) is 1.55. The van der Waals surface area contributed by atoms with E-state index >= 15 is 0 Å². The average Bonchev–Trinajstić information content (AvgIpc) is 2.51. The van der Waals surface area contributed by atoms with Crippen LogP contribution in [-0.2, 0) is 25.5 Å². The van der Waals surface area contributed by atoms with E-state index < -0.39 is 11.9 Å². The standard InChI is InChI=1S/C16H24N2O4/c1-21-10-11-22-12-15(19)18-14(16(17)20)9-5-8-13-6-3-2-4-7-13/h2-4,6-7,14H,5,8-12H2,1H3,(H2,17,20)(H,18,19)/t14-/m1/s1. The fraction of sp³-hybridized carbons (Fsp3) is 0.500. The Bertz CT molecular complexity index is 451. The minimum absolute atomic E-state index is 0.105. The third kappa shape index (κ3) is 7.75. The maximum absolute atomic E-state index is 11.7. The van der Waals surface area contributed by atoms with Crippen LogP contribution in [0.5, 0.6) is 0 Å². The number of benzene rings is 1. The van der Waals surface area contributed by atoms with Crippen LogP contribution in [0.1, 0.15) is 18.4 Å². The molecule has 22 heavy (non-hydrogen) atoms. The van der Waals surface area contributed by atoms with Crippen molar-refractivity contribution < 1.29 is 19.1 Å². The smallest absolute Gasteiger partial charge is 0.246 e. The molecule has 0 radical (unpaired) electrons. The predicted molar refractivity (Wildman–Crippen MR) is 83.2 cm³/mol. The Balaban J connectivity index is 2.29. The minimum Gasteiger partial charge on any atom is -0.382 e. The molecule has 0 spiro atoms. The Hall–Kier alpha value is -1.92. The van der Waals surface area contributed by atoms with Gasteiger partial charge in [0.15, 0.2) is 0 Å². The van der Waals surface area contributed by atoms with Crippen molar-refractivity contribution >= 4 is 11.8 Å². The maximum atomic E-state index is 11.7. The summed E-state index contributed by atoms with van der Waals surface area (Å²) >= 11 is 0. The van der Waals surface area contributed by atoms with Gasteiger partial charge in [-0.1, -0.05) is 30.3 Å². The summed E-state index contributed by atoms with van der Waals surface area (Å²) < 4.78 is 9.91. The molecule has 0 fully saturated rings. The molecular formula is C16H24N2O4. The number of aryl methyl sites for hydroxylation is 1. The second kappa shape index (κ2) is 10.8. The van der Waals surface area contributed by atoms with E-state index in [0.29, 0.717) is 19.6 Å². The van der Waals surface area contributed by atoms with Crippen molar-refractivity contribution in [3.05, 3.63) is 35.9 Å². The highest BCUT2D eigenvalue weighted by atomic mass is 16.5. The molecule has 0 aliphatic carbocycles. The van der Waals surface area contributed by atoms with Crippen LogP contribution in [0.2, 0.25) is 0 Å². The number of hydrogen-bond donors (Lipinski definition) is 2. The monoisotopic (exact) mass is 308 g/mol. The first-order chi connectivity index (χ1) is 10.6. The lowest BCUT2D eigenvalue weighted by molar-refractivity contribution is -0.130. The van der Waals surface area contributed by atoms with E-state index in [9.17, 15) is 9.59 Å². The van der Waals surface area contributed by atoms with E-state index in [4.69, 9.17) is 15.2 Å². The Labute approximate surface area is 131 Å². The van der Waals surface area contributed by atoms with Gasteiger partial charge in [0.2, 0.25) is 11.8 Å². The van der Waals surface area contributed by atoms with Crippen LogP contribution in [0.3, 0.4) is 0 Å². The first-order valence-corrected chi connectivity index (χ1v) is 7.32. The first kappa shape index (κ1) is 18.1. The fourth-order valence-corrected chi connectivity index (χ4v) is 1.98. The van der Waals surface area contributed by atoms with Crippen molar-refractivity contribution in [1.29, 1.82) is 0 Å². The largest absolute Gasteiger partial charge is 0.382 e. The van der Waals surface area contributed by atoms with Gasteiger partial charge in [-0.05, 0) is 24.8 Å². The summed E-state index contributed by atoms with van der Waals surface area (Å²) in [5.74, 6) is -0.877. The van der Waals surface area contributed by atoms with Gasteiger partial charge in [0.25, 0.3) is 0 Å². The van der Waals surface area contributed by atoms with Gasteiger partial charge in [-0.15, -0.1) is 0 Å². The zero-order valence-electron chi connectivity index (χ0n) is 12.9. The molecule has 1 aromatic rings. The lowest BCUT2D eigenvalue weighted by atomic mass is 10.0. The van der Waals surface area contributed by atoms with E-state index in [0.717, 1.165) is 12.8 Å². The number of primary amides is 1. The molecule has 122 valence electrons. The van der Waals surface area contributed by atoms with Crippen LogP contribution in [0.4, 0.5) is 0 Å². The molecule has 0 aliphatic heterocycles. The summed E-state index contributed by atoms with van der Waals surface area (Å²) in [5, 5.41) is 2.60. The second-order valence-electron chi connectivity index (χ2n) is 4.95. The van der Waals surface area contributed by atoms with E-state index in [1.807, 2.05) is 30.3 Å². The molecule has 6 nitrogen and oxygen atoms in total. The number of amides is 2. The molecule has 0 aliphatic rings. The van der Waals surface area contributed by atoms with Gasteiger partial charge in [-0.2, -0.15) is 0 Å². The lowest BCUT2D eigenvalue weighted by Crippen LogP contribution is -2.45. The van der Waals surface area contributed by atoms with Crippen molar-refractivity contribution in [1.82, 2.24) is 5.32 Å².